The Morgan fingerprint density at radius 3 is 1.82 bits per heavy atom. The van der Waals surface area contributed by atoms with Crippen LogP contribution in [0.4, 0.5) is 13.2 Å². The predicted octanol–water partition coefficient (Wildman–Crippen LogP) is 5.40. The third kappa shape index (κ3) is 5.99. The van der Waals surface area contributed by atoms with E-state index in [0.717, 1.165) is 5.56 Å². The SMILES string of the molecule is CC(C)c1ccc(CC(C)N(CC(F)(F)F)C(C)(C)C)cc1. The van der Waals surface area contributed by atoms with Gasteiger partial charge >= 0.3 is 6.18 Å². The van der Waals surface area contributed by atoms with E-state index in [1.807, 2.05) is 39.8 Å². The average Bonchev–Trinajstić information content (AvgIpc) is 2.34. The van der Waals surface area contributed by atoms with Crippen LogP contribution in [0.3, 0.4) is 0 Å². The summed E-state index contributed by atoms with van der Waals surface area (Å²) in [5, 5.41) is 0. The number of halogens is 3. The van der Waals surface area contributed by atoms with E-state index in [4.69, 9.17) is 0 Å². The molecule has 126 valence electrons. The van der Waals surface area contributed by atoms with Crippen LogP contribution in [0.5, 0.6) is 0 Å². The summed E-state index contributed by atoms with van der Waals surface area (Å²) in [6.45, 7) is 10.7. The Kier molecular flexibility index (Phi) is 6.08. The summed E-state index contributed by atoms with van der Waals surface area (Å²) >= 11 is 0. The maximum absolute atomic E-state index is 12.8. The normalized spacial score (nSPS) is 14.7. The molecular weight excluding hydrogens is 287 g/mol. The van der Waals surface area contributed by atoms with Crippen molar-refractivity contribution in [3.63, 3.8) is 0 Å². The Balaban J connectivity index is 2.84. The third-order valence-electron chi connectivity index (χ3n) is 3.92. The topological polar surface area (TPSA) is 3.24 Å². The van der Waals surface area contributed by atoms with E-state index >= 15 is 0 Å². The lowest BCUT2D eigenvalue weighted by Gasteiger charge is -2.40. The molecule has 0 saturated heterocycles. The van der Waals surface area contributed by atoms with Crippen LogP contribution in [0.25, 0.3) is 0 Å². The number of hydrogen-bond donors (Lipinski definition) is 0. The molecule has 22 heavy (non-hydrogen) atoms. The van der Waals surface area contributed by atoms with Gasteiger partial charge in [-0.25, -0.2) is 0 Å². The van der Waals surface area contributed by atoms with Gasteiger partial charge in [0.2, 0.25) is 0 Å². The highest BCUT2D eigenvalue weighted by Gasteiger charge is 2.37. The predicted molar refractivity (Wildman–Crippen MR) is 86.2 cm³/mol. The lowest BCUT2D eigenvalue weighted by Crippen LogP contribution is -2.51. The van der Waals surface area contributed by atoms with E-state index in [1.165, 1.54) is 10.5 Å². The van der Waals surface area contributed by atoms with Gasteiger partial charge in [-0.15, -0.1) is 0 Å². The molecule has 0 radical (unpaired) electrons. The first-order chi connectivity index (χ1) is 9.90. The maximum atomic E-state index is 12.8. The first-order valence-corrected chi connectivity index (χ1v) is 7.82. The van der Waals surface area contributed by atoms with Crippen molar-refractivity contribution < 1.29 is 13.2 Å². The maximum Gasteiger partial charge on any atom is 0.401 e. The Morgan fingerprint density at radius 1 is 0.955 bits per heavy atom. The van der Waals surface area contributed by atoms with Crippen LogP contribution in [0.15, 0.2) is 24.3 Å². The van der Waals surface area contributed by atoms with E-state index in [2.05, 4.69) is 26.0 Å². The van der Waals surface area contributed by atoms with Gasteiger partial charge in [0, 0.05) is 11.6 Å². The molecule has 1 aromatic carbocycles. The largest absolute Gasteiger partial charge is 0.401 e. The molecule has 0 aromatic heterocycles. The molecule has 4 heteroatoms. The molecule has 0 bridgehead atoms. The van der Waals surface area contributed by atoms with Crippen molar-refractivity contribution in [1.82, 2.24) is 4.90 Å². The number of nitrogens with zero attached hydrogens (tertiary/aromatic N) is 1. The minimum atomic E-state index is -4.18. The molecule has 0 spiro atoms. The van der Waals surface area contributed by atoms with Crippen molar-refractivity contribution in [2.75, 3.05) is 6.54 Å². The first-order valence-electron chi connectivity index (χ1n) is 7.82. The van der Waals surface area contributed by atoms with E-state index in [9.17, 15) is 13.2 Å². The highest BCUT2D eigenvalue weighted by molar-refractivity contribution is 5.25. The minimum absolute atomic E-state index is 0.175. The standard InChI is InChI=1S/C18H28F3N/c1-13(2)16-9-7-15(8-10-16)11-14(3)22(17(4,5)6)12-18(19,20)21/h7-10,13-14H,11-12H2,1-6H3. The van der Waals surface area contributed by atoms with Crippen LogP contribution in [-0.4, -0.2) is 29.2 Å². The fourth-order valence-corrected chi connectivity index (χ4v) is 2.74. The number of alkyl halides is 3. The van der Waals surface area contributed by atoms with E-state index < -0.39 is 18.3 Å². The minimum Gasteiger partial charge on any atom is -0.287 e. The number of hydrogen-bond acceptors (Lipinski definition) is 1. The molecule has 0 N–H and O–H groups in total. The van der Waals surface area contributed by atoms with Gasteiger partial charge in [0.1, 0.15) is 0 Å². The van der Waals surface area contributed by atoms with Crippen molar-refractivity contribution >= 4 is 0 Å². The van der Waals surface area contributed by atoms with Crippen molar-refractivity contribution in [3.05, 3.63) is 35.4 Å². The zero-order valence-corrected chi connectivity index (χ0v) is 14.5. The van der Waals surface area contributed by atoms with Crippen molar-refractivity contribution in [2.45, 2.75) is 71.6 Å². The lowest BCUT2D eigenvalue weighted by molar-refractivity contribution is -0.162. The summed E-state index contributed by atoms with van der Waals surface area (Å²) < 4.78 is 38.5. The van der Waals surface area contributed by atoms with Gasteiger partial charge in [0.05, 0.1) is 6.54 Å². The molecule has 1 aromatic rings. The Labute approximate surface area is 132 Å². The third-order valence-corrected chi connectivity index (χ3v) is 3.92. The summed E-state index contributed by atoms with van der Waals surface area (Å²) in [5.74, 6) is 0.461. The van der Waals surface area contributed by atoms with Crippen LogP contribution < -0.4 is 0 Å². The van der Waals surface area contributed by atoms with Crippen LogP contribution in [-0.2, 0) is 6.42 Å². The molecule has 1 unspecified atom stereocenters. The van der Waals surface area contributed by atoms with Gasteiger partial charge in [-0.1, -0.05) is 38.1 Å². The van der Waals surface area contributed by atoms with Gasteiger partial charge in [0.15, 0.2) is 0 Å². The number of rotatable bonds is 5. The van der Waals surface area contributed by atoms with Gasteiger partial charge in [0.25, 0.3) is 0 Å². The zero-order valence-electron chi connectivity index (χ0n) is 14.5. The van der Waals surface area contributed by atoms with Crippen molar-refractivity contribution in [3.8, 4) is 0 Å². The number of benzene rings is 1. The molecule has 1 atom stereocenters. The van der Waals surface area contributed by atoms with Gasteiger partial charge in [-0.2, -0.15) is 13.2 Å². The molecule has 0 saturated carbocycles. The fourth-order valence-electron chi connectivity index (χ4n) is 2.74. The Hall–Kier alpha value is -1.03. The average molecular weight is 315 g/mol. The summed E-state index contributed by atoms with van der Waals surface area (Å²) in [6, 6.07) is 8.02. The molecule has 1 nitrogen and oxygen atoms in total. The van der Waals surface area contributed by atoms with Crippen molar-refractivity contribution in [2.24, 2.45) is 0 Å². The fraction of sp³-hybridized carbons (Fsp3) is 0.667. The summed E-state index contributed by atoms with van der Waals surface area (Å²) in [4.78, 5) is 1.53. The second-order valence-corrected chi connectivity index (χ2v) is 7.36. The monoisotopic (exact) mass is 315 g/mol. The van der Waals surface area contributed by atoms with Crippen LogP contribution in [0.1, 0.15) is 58.6 Å². The van der Waals surface area contributed by atoms with Gasteiger partial charge in [-0.3, -0.25) is 4.90 Å². The molecule has 0 aliphatic heterocycles. The molecule has 1 rings (SSSR count). The second-order valence-electron chi connectivity index (χ2n) is 7.36. The quantitative estimate of drug-likeness (QED) is 0.703. The van der Waals surface area contributed by atoms with Crippen LogP contribution in [0, 0.1) is 0 Å². The molecule has 0 amide bonds. The molecule has 0 fully saturated rings. The molecule has 0 aliphatic rings. The van der Waals surface area contributed by atoms with Crippen LogP contribution >= 0.6 is 0 Å². The van der Waals surface area contributed by atoms with E-state index in [0.29, 0.717) is 12.3 Å². The lowest BCUT2D eigenvalue weighted by atomic mass is 9.96. The van der Waals surface area contributed by atoms with Crippen LogP contribution in [0.2, 0.25) is 0 Å². The summed E-state index contributed by atoms with van der Waals surface area (Å²) in [7, 11) is 0. The molecule has 0 aliphatic carbocycles. The van der Waals surface area contributed by atoms with Gasteiger partial charge in [-0.05, 0) is 51.2 Å². The summed E-state index contributed by atoms with van der Waals surface area (Å²) in [6.07, 6.45) is -3.56. The first kappa shape index (κ1) is 19.0. The second kappa shape index (κ2) is 7.03. The summed E-state index contributed by atoms with van der Waals surface area (Å²) in [5.41, 5.74) is 1.81. The highest BCUT2D eigenvalue weighted by Crippen LogP contribution is 2.26. The smallest absolute Gasteiger partial charge is 0.287 e. The zero-order chi connectivity index (χ0) is 17.1. The molecule has 0 heterocycles. The Morgan fingerprint density at radius 2 is 1.45 bits per heavy atom. The van der Waals surface area contributed by atoms with E-state index in [1.54, 1.807) is 0 Å². The Bertz CT molecular complexity index is 455. The van der Waals surface area contributed by atoms with E-state index in [-0.39, 0.29) is 6.04 Å². The van der Waals surface area contributed by atoms with Gasteiger partial charge < -0.3 is 0 Å². The molecular formula is C18H28F3N. The highest BCUT2D eigenvalue weighted by atomic mass is 19.4. The van der Waals surface area contributed by atoms with Crippen molar-refractivity contribution in [1.29, 1.82) is 0 Å².